The van der Waals surface area contributed by atoms with Crippen LogP contribution < -0.4 is 21.1 Å². The van der Waals surface area contributed by atoms with Gasteiger partial charge in [-0.15, -0.1) is 0 Å². The molecule has 1 aromatic carbocycles. The number of anilines is 3. The van der Waals surface area contributed by atoms with Gasteiger partial charge in [0, 0.05) is 25.2 Å². The van der Waals surface area contributed by atoms with Crippen LogP contribution in [0.4, 0.5) is 17.5 Å². The molecule has 1 aromatic heterocycles. The van der Waals surface area contributed by atoms with Gasteiger partial charge >= 0.3 is 0 Å². The lowest BCUT2D eigenvalue weighted by Gasteiger charge is -2.25. The molecule has 0 spiro atoms. The number of nitrogens with one attached hydrogen (secondary N) is 3. The quantitative estimate of drug-likeness (QED) is 0.705. The average molecular weight is 422 g/mol. The number of aromatic nitrogens is 2. The molecule has 0 aliphatic carbocycles. The first-order chi connectivity index (χ1) is 13.4. The van der Waals surface area contributed by atoms with Crippen molar-refractivity contribution in [2.45, 2.75) is 25.2 Å². The van der Waals surface area contributed by atoms with Gasteiger partial charge in [-0.2, -0.15) is 4.98 Å². The predicted octanol–water partition coefficient (Wildman–Crippen LogP) is 2.74. The normalized spacial score (nSPS) is 18.6. The number of aromatic amines is 1. The van der Waals surface area contributed by atoms with E-state index in [-0.39, 0.29) is 28.7 Å². The van der Waals surface area contributed by atoms with Crippen LogP contribution in [0.3, 0.4) is 0 Å². The number of amides is 2. The lowest BCUT2D eigenvalue weighted by molar-refractivity contribution is -0.123. The van der Waals surface area contributed by atoms with E-state index in [2.05, 4.69) is 20.6 Å². The van der Waals surface area contributed by atoms with Gasteiger partial charge in [0.05, 0.1) is 21.5 Å². The summed E-state index contributed by atoms with van der Waals surface area (Å²) >= 11 is 11.9. The van der Waals surface area contributed by atoms with Crippen LogP contribution in [0.15, 0.2) is 23.0 Å². The molecule has 0 radical (unpaired) electrons. The number of nitrogens with zero attached hydrogens (tertiary/aromatic N) is 2. The van der Waals surface area contributed by atoms with E-state index < -0.39 is 17.4 Å². The predicted molar refractivity (Wildman–Crippen MR) is 107 cm³/mol. The molecule has 2 aromatic rings. The maximum absolute atomic E-state index is 12.8. The van der Waals surface area contributed by atoms with E-state index in [1.54, 1.807) is 12.1 Å². The lowest BCUT2D eigenvalue weighted by atomic mass is 9.92. The first-order valence-electron chi connectivity index (χ1n) is 8.87. The fourth-order valence-electron chi connectivity index (χ4n) is 3.47. The highest BCUT2D eigenvalue weighted by atomic mass is 35.5. The van der Waals surface area contributed by atoms with Gasteiger partial charge in [-0.3, -0.25) is 19.4 Å². The van der Waals surface area contributed by atoms with Gasteiger partial charge in [-0.25, -0.2) is 0 Å². The number of hydrogen-bond donors (Lipinski definition) is 3. The van der Waals surface area contributed by atoms with Crippen LogP contribution in [0.25, 0.3) is 0 Å². The van der Waals surface area contributed by atoms with Gasteiger partial charge in [0.15, 0.2) is 0 Å². The van der Waals surface area contributed by atoms with Crippen molar-refractivity contribution >= 4 is 52.5 Å². The zero-order valence-corrected chi connectivity index (χ0v) is 16.2. The van der Waals surface area contributed by atoms with E-state index in [0.717, 1.165) is 25.9 Å². The van der Waals surface area contributed by atoms with E-state index >= 15 is 0 Å². The van der Waals surface area contributed by atoms with Crippen LogP contribution in [0.1, 0.15) is 30.7 Å². The Kier molecular flexibility index (Phi) is 4.99. The van der Waals surface area contributed by atoms with Gasteiger partial charge in [-0.05, 0) is 31.0 Å². The van der Waals surface area contributed by atoms with Crippen molar-refractivity contribution in [3.05, 3.63) is 44.2 Å². The Morgan fingerprint density at radius 2 is 1.93 bits per heavy atom. The molecule has 1 fully saturated rings. The molecule has 146 valence electrons. The summed E-state index contributed by atoms with van der Waals surface area (Å²) in [6.07, 6.45) is 1.89. The highest BCUT2D eigenvalue weighted by molar-refractivity contribution is 6.42. The molecule has 0 unspecified atom stereocenters. The first kappa shape index (κ1) is 18.8. The Labute approximate surface area is 170 Å². The third-order valence-electron chi connectivity index (χ3n) is 4.85. The molecule has 0 bridgehead atoms. The van der Waals surface area contributed by atoms with Crippen molar-refractivity contribution in [1.82, 2.24) is 9.97 Å². The summed E-state index contributed by atoms with van der Waals surface area (Å²) in [6, 6.07) is 4.65. The maximum Gasteiger partial charge on any atom is 0.258 e. The topological polar surface area (TPSA) is 107 Å². The maximum atomic E-state index is 12.8. The van der Waals surface area contributed by atoms with E-state index in [9.17, 15) is 14.4 Å². The minimum atomic E-state index is -0.956. The second-order valence-electron chi connectivity index (χ2n) is 6.77. The van der Waals surface area contributed by atoms with E-state index in [1.165, 1.54) is 6.07 Å². The molecule has 2 aliphatic heterocycles. The van der Waals surface area contributed by atoms with Crippen molar-refractivity contribution in [2.24, 2.45) is 0 Å². The van der Waals surface area contributed by atoms with Crippen LogP contribution >= 0.6 is 23.2 Å². The third-order valence-corrected chi connectivity index (χ3v) is 5.59. The van der Waals surface area contributed by atoms with Crippen molar-refractivity contribution < 1.29 is 9.59 Å². The number of hydrogen-bond acceptors (Lipinski definition) is 5. The number of carbonyl (C=O) groups is 2. The monoisotopic (exact) mass is 421 g/mol. The van der Waals surface area contributed by atoms with Crippen LogP contribution in [0, 0.1) is 0 Å². The SMILES string of the molecule is O=C1C[C@H](C(=O)Nc2ccc(Cl)c(Cl)c2)c2c(nc(N3CCCC3)[nH]c2=O)N1. The fourth-order valence-corrected chi connectivity index (χ4v) is 3.76. The Bertz CT molecular complexity index is 1020. The zero-order chi connectivity index (χ0) is 19.8. The Morgan fingerprint density at radius 3 is 2.64 bits per heavy atom. The summed E-state index contributed by atoms with van der Waals surface area (Å²) in [5, 5.41) is 5.95. The van der Waals surface area contributed by atoms with Gasteiger partial charge in [0.1, 0.15) is 5.82 Å². The second kappa shape index (κ2) is 7.44. The molecular weight excluding hydrogens is 405 g/mol. The molecule has 2 aliphatic rings. The van der Waals surface area contributed by atoms with Crippen LogP contribution in [0.2, 0.25) is 10.0 Å². The first-order valence-corrected chi connectivity index (χ1v) is 9.63. The smallest absolute Gasteiger partial charge is 0.258 e. The summed E-state index contributed by atoms with van der Waals surface area (Å²) < 4.78 is 0. The van der Waals surface area contributed by atoms with Gasteiger partial charge in [0.2, 0.25) is 17.8 Å². The third kappa shape index (κ3) is 3.57. The molecule has 1 saturated heterocycles. The van der Waals surface area contributed by atoms with Crippen molar-refractivity contribution in [3.8, 4) is 0 Å². The van der Waals surface area contributed by atoms with Crippen LogP contribution in [-0.2, 0) is 9.59 Å². The number of H-pyrrole nitrogens is 1. The van der Waals surface area contributed by atoms with Crippen molar-refractivity contribution in [2.75, 3.05) is 28.6 Å². The van der Waals surface area contributed by atoms with Gasteiger partial charge in [-0.1, -0.05) is 23.2 Å². The standard InChI is InChI=1S/C18H17Cl2N5O3/c19-11-4-3-9(7-12(11)20)21-16(27)10-8-13(26)22-15-14(10)17(28)24-18(23-15)25-5-1-2-6-25/h3-4,7,10H,1-2,5-6,8H2,(H,21,27)(H2,22,23,24,26,28)/t10-/m0/s1. The minimum Gasteiger partial charge on any atom is -0.342 e. The van der Waals surface area contributed by atoms with E-state index in [4.69, 9.17) is 23.2 Å². The average Bonchev–Trinajstić information content (AvgIpc) is 3.18. The molecule has 0 saturated carbocycles. The molecular formula is C18H17Cl2N5O3. The number of halogens is 2. The Hall–Kier alpha value is -2.58. The fraction of sp³-hybridized carbons (Fsp3) is 0.333. The molecule has 10 heteroatoms. The Balaban J connectivity index is 1.65. The molecule has 3 N–H and O–H groups in total. The van der Waals surface area contributed by atoms with Crippen LogP contribution in [0.5, 0.6) is 0 Å². The molecule has 3 heterocycles. The van der Waals surface area contributed by atoms with Crippen LogP contribution in [-0.4, -0.2) is 34.9 Å². The Morgan fingerprint density at radius 1 is 1.18 bits per heavy atom. The molecule has 28 heavy (non-hydrogen) atoms. The number of carbonyl (C=O) groups excluding carboxylic acids is 2. The molecule has 2 amide bonds. The van der Waals surface area contributed by atoms with Crippen molar-refractivity contribution in [1.29, 1.82) is 0 Å². The van der Waals surface area contributed by atoms with Gasteiger partial charge in [0.25, 0.3) is 5.56 Å². The molecule has 1 atom stereocenters. The summed E-state index contributed by atoms with van der Waals surface area (Å²) in [5.74, 6) is -1.27. The summed E-state index contributed by atoms with van der Waals surface area (Å²) in [5.41, 5.74) is 0.145. The molecule has 4 rings (SSSR count). The summed E-state index contributed by atoms with van der Waals surface area (Å²) in [6.45, 7) is 1.58. The number of rotatable bonds is 3. The van der Waals surface area contributed by atoms with Gasteiger partial charge < -0.3 is 15.5 Å². The minimum absolute atomic E-state index is 0.135. The van der Waals surface area contributed by atoms with E-state index in [1.807, 2.05) is 4.90 Å². The highest BCUT2D eigenvalue weighted by Gasteiger charge is 2.35. The highest BCUT2D eigenvalue weighted by Crippen LogP contribution is 2.31. The van der Waals surface area contributed by atoms with E-state index in [0.29, 0.717) is 16.7 Å². The summed E-state index contributed by atoms with van der Waals surface area (Å²) in [4.78, 5) is 46.8. The zero-order valence-electron chi connectivity index (χ0n) is 14.7. The number of benzene rings is 1. The summed E-state index contributed by atoms with van der Waals surface area (Å²) in [7, 11) is 0. The second-order valence-corrected chi connectivity index (χ2v) is 7.58. The molecule has 8 nitrogen and oxygen atoms in total. The number of fused-ring (bicyclic) bond motifs is 1. The largest absolute Gasteiger partial charge is 0.342 e. The lowest BCUT2D eigenvalue weighted by Crippen LogP contribution is -2.37. The van der Waals surface area contributed by atoms with Crippen molar-refractivity contribution in [3.63, 3.8) is 0 Å².